The Morgan fingerprint density at radius 2 is 2.12 bits per heavy atom. The van der Waals surface area contributed by atoms with Crippen molar-refractivity contribution in [2.45, 2.75) is 32.8 Å². The Kier molecular flexibility index (Phi) is 5.10. The lowest BCUT2D eigenvalue weighted by Crippen LogP contribution is -2.19. The van der Waals surface area contributed by atoms with Gasteiger partial charge in [0.2, 0.25) is 0 Å². The minimum absolute atomic E-state index is 0.0163. The van der Waals surface area contributed by atoms with Gasteiger partial charge in [0, 0.05) is 5.02 Å². The Labute approximate surface area is 106 Å². The zero-order chi connectivity index (χ0) is 12.8. The number of nitrogens with two attached hydrogens (primary N) is 1. The van der Waals surface area contributed by atoms with Gasteiger partial charge in [-0.1, -0.05) is 30.6 Å². The summed E-state index contributed by atoms with van der Waals surface area (Å²) in [6, 6.07) is 5.02. The minimum Gasteiger partial charge on any atom is -0.490 e. The second kappa shape index (κ2) is 6.35. The van der Waals surface area contributed by atoms with Crippen LogP contribution in [0.1, 0.15) is 32.3 Å². The monoisotopic (exact) mass is 256 g/mol. The predicted molar refractivity (Wildman–Crippen MR) is 69.0 cm³/mol. The van der Waals surface area contributed by atoms with Gasteiger partial charge in [0.05, 0.1) is 11.7 Å². The van der Waals surface area contributed by atoms with E-state index in [0.29, 0.717) is 16.3 Å². The largest absolute Gasteiger partial charge is 0.490 e. The van der Waals surface area contributed by atoms with Crippen LogP contribution in [-0.2, 0) is 0 Å². The maximum atomic E-state index is 8.70. The van der Waals surface area contributed by atoms with Crippen molar-refractivity contribution in [3.63, 3.8) is 0 Å². The average molecular weight is 257 g/mol. The number of benzene rings is 1. The van der Waals surface area contributed by atoms with Crippen LogP contribution in [-0.4, -0.2) is 17.1 Å². The summed E-state index contributed by atoms with van der Waals surface area (Å²) in [7, 11) is 0. The number of nitrogens with zero attached hydrogens (tertiary/aromatic N) is 1. The lowest BCUT2D eigenvalue weighted by atomic mass is 10.1. The van der Waals surface area contributed by atoms with Gasteiger partial charge in [-0.15, -0.1) is 0 Å². The first kappa shape index (κ1) is 13.6. The summed E-state index contributed by atoms with van der Waals surface area (Å²) in [5.74, 6) is 0.559. The molecule has 0 aromatic heterocycles. The number of oxime groups is 1. The molecule has 0 radical (unpaired) electrons. The lowest BCUT2D eigenvalue weighted by Gasteiger charge is -2.18. The van der Waals surface area contributed by atoms with E-state index in [9.17, 15) is 0 Å². The third-order valence-electron chi connectivity index (χ3n) is 2.53. The number of halogens is 1. The molecule has 17 heavy (non-hydrogen) atoms. The summed E-state index contributed by atoms with van der Waals surface area (Å²) >= 11 is 5.91. The molecule has 0 saturated heterocycles. The van der Waals surface area contributed by atoms with Gasteiger partial charge in [0.1, 0.15) is 5.75 Å². The first-order chi connectivity index (χ1) is 8.12. The molecule has 1 aromatic carbocycles. The second-order valence-corrected chi connectivity index (χ2v) is 4.12. The van der Waals surface area contributed by atoms with E-state index < -0.39 is 0 Å². The van der Waals surface area contributed by atoms with Gasteiger partial charge in [0.15, 0.2) is 5.84 Å². The van der Waals surface area contributed by atoms with E-state index in [0.717, 1.165) is 12.8 Å². The van der Waals surface area contributed by atoms with E-state index in [2.05, 4.69) is 5.16 Å². The lowest BCUT2D eigenvalue weighted by molar-refractivity contribution is 0.192. The molecule has 0 fully saturated rings. The number of amidine groups is 1. The van der Waals surface area contributed by atoms with Crippen LogP contribution in [0.2, 0.25) is 5.02 Å². The third-order valence-corrected chi connectivity index (χ3v) is 2.77. The highest BCUT2D eigenvalue weighted by molar-refractivity contribution is 6.30. The SMILES string of the molecule is CCC(CC)Oc1cc(Cl)ccc1/C(N)=N/O. The van der Waals surface area contributed by atoms with Crippen molar-refractivity contribution in [1.29, 1.82) is 0 Å². The Morgan fingerprint density at radius 1 is 1.47 bits per heavy atom. The van der Waals surface area contributed by atoms with E-state index in [1.54, 1.807) is 18.2 Å². The zero-order valence-electron chi connectivity index (χ0n) is 9.98. The quantitative estimate of drug-likeness (QED) is 0.368. The van der Waals surface area contributed by atoms with E-state index in [1.807, 2.05) is 13.8 Å². The molecule has 0 aliphatic heterocycles. The summed E-state index contributed by atoms with van der Waals surface area (Å²) < 4.78 is 5.79. The highest BCUT2D eigenvalue weighted by Gasteiger charge is 2.13. The fourth-order valence-electron chi connectivity index (χ4n) is 1.49. The van der Waals surface area contributed by atoms with Gasteiger partial charge in [0.25, 0.3) is 0 Å². The first-order valence-electron chi connectivity index (χ1n) is 5.56. The molecule has 4 nitrogen and oxygen atoms in total. The van der Waals surface area contributed by atoms with Gasteiger partial charge in [-0.05, 0) is 31.0 Å². The molecule has 3 N–H and O–H groups in total. The van der Waals surface area contributed by atoms with Crippen molar-refractivity contribution in [1.82, 2.24) is 0 Å². The molecule has 1 rings (SSSR count). The van der Waals surface area contributed by atoms with Crippen LogP contribution < -0.4 is 10.5 Å². The maximum Gasteiger partial charge on any atom is 0.173 e. The highest BCUT2D eigenvalue weighted by atomic mass is 35.5. The van der Waals surface area contributed by atoms with E-state index in [-0.39, 0.29) is 11.9 Å². The molecule has 0 heterocycles. The van der Waals surface area contributed by atoms with E-state index >= 15 is 0 Å². The van der Waals surface area contributed by atoms with Gasteiger partial charge in [-0.25, -0.2) is 0 Å². The molecule has 0 saturated carbocycles. The molecular weight excluding hydrogens is 240 g/mol. The highest BCUT2D eigenvalue weighted by Crippen LogP contribution is 2.25. The molecule has 0 aliphatic rings. The van der Waals surface area contributed by atoms with Crippen molar-refractivity contribution in [3.05, 3.63) is 28.8 Å². The number of hydrogen-bond donors (Lipinski definition) is 2. The summed E-state index contributed by atoms with van der Waals surface area (Å²) in [5.41, 5.74) is 6.13. The van der Waals surface area contributed by atoms with Crippen LogP contribution in [0.3, 0.4) is 0 Å². The Hall–Kier alpha value is -1.42. The third kappa shape index (κ3) is 3.53. The molecule has 0 bridgehead atoms. The van der Waals surface area contributed by atoms with Crippen LogP contribution in [0.4, 0.5) is 0 Å². The van der Waals surface area contributed by atoms with Gasteiger partial charge in [-0.3, -0.25) is 0 Å². The normalized spacial score (nSPS) is 11.9. The number of rotatable bonds is 5. The van der Waals surface area contributed by atoms with Crippen LogP contribution in [0.5, 0.6) is 5.75 Å². The predicted octanol–water partition coefficient (Wildman–Crippen LogP) is 3.00. The minimum atomic E-state index is 0.0163. The van der Waals surface area contributed by atoms with Crippen molar-refractivity contribution < 1.29 is 9.94 Å². The maximum absolute atomic E-state index is 8.70. The van der Waals surface area contributed by atoms with Gasteiger partial charge in [-0.2, -0.15) is 0 Å². The Balaban J connectivity index is 3.07. The standard InChI is InChI=1S/C12H17ClN2O2/c1-3-9(4-2)17-11-7-8(13)5-6-10(11)12(14)15-16/h5-7,9,16H,3-4H2,1-2H3,(H2,14,15). The Morgan fingerprint density at radius 3 is 2.65 bits per heavy atom. The van der Waals surface area contributed by atoms with Crippen molar-refractivity contribution >= 4 is 17.4 Å². The van der Waals surface area contributed by atoms with Crippen molar-refractivity contribution in [2.24, 2.45) is 10.9 Å². The van der Waals surface area contributed by atoms with E-state index in [1.165, 1.54) is 0 Å². The fraction of sp³-hybridized carbons (Fsp3) is 0.417. The van der Waals surface area contributed by atoms with Crippen LogP contribution in [0.25, 0.3) is 0 Å². The molecule has 0 amide bonds. The van der Waals surface area contributed by atoms with Gasteiger partial charge < -0.3 is 15.7 Å². The fourth-order valence-corrected chi connectivity index (χ4v) is 1.66. The Bertz CT molecular complexity index is 403. The molecule has 1 aromatic rings. The molecule has 5 heteroatoms. The summed E-state index contributed by atoms with van der Waals surface area (Å²) in [5, 5.41) is 12.2. The smallest absolute Gasteiger partial charge is 0.173 e. The topological polar surface area (TPSA) is 67.8 Å². The summed E-state index contributed by atoms with van der Waals surface area (Å²) in [6.07, 6.45) is 1.87. The molecule has 0 atom stereocenters. The summed E-state index contributed by atoms with van der Waals surface area (Å²) in [4.78, 5) is 0. The summed E-state index contributed by atoms with van der Waals surface area (Å²) in [6.45, 7) is 4.09. The molecule has 94 valence electrons. The molecule has 0 aliphatic carbocycles. The molecular formula is C12H17ClN2O2. The first-order valence-corrected chi connectivity index (χ1v) is 5.94. The molecule has 0 unspecified atom stereocenters. The number of hydrogen-bond acceptors (Lipinski definition) is 3. The number of ether oxygens (including phenoxy) is 1. The van der Waals surface area contributed by atoms with Crippen LogP contribution in [0.15, 0.2) is 23.4 Å². The van der Waals surface area contributed by atoms with Crippen molar-refractivity contribution in [2.75, 3.05) is 0 Å². The van der Waals surface area contributed by atoms with Crippen molar-refractivity contribution in [3.8, 4) is 5.75 Å². The zero-order valence-corrected chi connectivity index (χ0v) is 10.7. The van der Waals surface area contributed by atoms with E-state index in [4.69, 9.17) is 27.3 Å². The van der Waals surface area contributed by atoms with Gasteiger partial charge >= 0.3 is 0 Å². The average Bonchev–Trinajstić information content (AvgIpc) is 2.35. The second-order valence-electron chi connectivity index (χ2n) is 3.68. The van der Waals surface area contributed by atoms with Crippen LogP contribution in [0, 0.1) is 0 Å². The van der Waals surface area contributed by atoms with Crippen LogP contribution >= 0.6 is 11.6 Å². The molecule has 0 spiro atoms.